The van der Waals surface area contributed by atoms with Gasteiger partial charge in [-0.1, -0.05) is 37.5 Å². The first-order valence-electron chi connectivity index (χ1n) is 9.62. The summed E-state index contributed by atoms with van der Waals surface area (Å²) in [5.74, 6) is -0.190. The molecule has 2 aromatic carbocycles. The summed E-state index contributed by atoms with van der Waals surface area (Å²) >= 11 is 0. The second-order valence-corrected chi connectivity index (χ2v) is 7.49. The molecule has 0 radical (unpaired) electrons. The molecule has 1 saturated carbocycles. The maximum Gasteiger partial charge on any atom is 0.140 e. The van der Waals surface area contributed by atoms with Crippen molar-refractivity contribution < 1.29 is 18.3 Å². The number of rotatable bonds is 3. The van der Waals surface area contributed by atoms with E-state index in [0.717, 1.165) is 37.0 Å². The van der Waals surface area contributed by atoms with Crippen LogP contribution in [0.2, 0.25) is 0 Å². The first-order chi connectivity index (χ1) is 13.1. The zero-order chi connectivity index (χ0) is 18.9. The van der Waals surface area contributed by atoms with Gasteiger partial charge in [0.15, 0.2) is 0 Å². The smallest absolute Gasteiger partial charge is 0.140 e. The molecule has 1 saturated heterocycles. The van der Waals surface area contributed by atoms with Crippen LogP contribution >= 0.6 is 0 Å². The molecule has 4 rings (SSSR count). The Morgan fingerprint density at radius 2 is 1.67 bits per heavy atom. The van der Waals surface area contributed by atoms with Crippen molar-refractivity contribution in [3.05, 3.63) is 65.2 Å². The second-order valence-electron chi connectivity index (χ2n) is 7.49. The zero-order valence-corrected chi connectivity index (χ0v) is 15.5. The normalized spacial score (nSPS) is 24.7. The van der Waals surface area contributed by atoms with Gasteiger partial charge in [-0.15, -0.1) is 0 Å². The molecular formula is C22H25F2NO2. The Hall–Kier alpha value is -1.98. The van der Waals surface area contributed by atoms with Crippen LogP contribution in [0.25, 0.3) is 0 Å². The molecule has 1 aliphatic heterocycles. The molecule has 2 atom stereocenters. The summed E-state index contributed by atoms with van der Waals surface area (Å²) in [7, 11) is 1.65. The third kappa shape index (κ3) is 3.46. The maximum atomic E-state index is 14.3. The fraction of sp³-hybridized carbons (Fsp3) is 0.455. The van der Waals surface area contributed by atoms with E-state index in [0.29, 0.717) is 6.54 Å². The molecule has 0 amide bonds. The van der Waals surface area contributed by atoms with Crippen LogP contribution in [0.15, 0.2) is 42.5 Å². The van der Waals surface area contributed by atoms with Crippen LogP contribution in [0.3, 0.4) is 0 Å². The first kappa shape index (κ1) is 18.4. The highest BCUT2D eigenvalue weighted by Gasteiger charge is 2.47. The molecule has 1 N–H and O–H groups in total. The number of ether oxygens (including phenoxy) is 2. The highest BCUT2D eigenvalue weighted by atomic mass is 19.1. The fourth-order valence-corrected chi connectivity index (χ4v) is 4.57. The lowest BCUT2D eigenvalue weighted by Gasteiger charge is -2.50. The fourth-order valence-electron chi connectivity index (χ4n) is 4.57. The summed E-state index contributed by atoms with van der Waals surface area (Å²) in [6.45, 7) is 0.616. The van der Waals surface area contributed by atoms with E-state index in [1.165, 1.54) is 24.6 Å². The van der Waals surface area contributed by atoms with E-state index in [-0.39, 0.29) is 11.5 Å². The molecule has 2 unspecified atom stereocenters. The third-order valence-electron chi connectivity index (χ3n) is 5.97. The molecular weight excluding hydrogens is 348 g/mol. The maximum absolute atomic E-state index is 14.3. The number of hydrogen-bond acceptors (Lipinski definition) is 3. The zero-order valence-electron chi connectivity index (χ0n) is 15.5. The van der Waals surface area contributed by atoms with Crippen LogP contribution in [0.5, 0.6) is 5.75 Å². The lowest BCUT2D eigenvalue weighted by molar-refractivity contribution is -0.169. The predicted octanol–water partition coefficient (Wildman–Crippen LogP) is 5.08. The average Bonchev–Trinajstić information content (AvgIpc) is 2.69. The highest BCUT2D eigenvalue weighted by Crippen LogP contribution is 2.48. The van der Waals surface area contributed by atoms with Crippen molar-refractivity contribution in [2.75, 3.05) is 13.7 Å². The molecule has 3 nitrogen and oxygen atoms in total. The van der Waals surface area contributed by atoms with Crippen LogP contribution in [0.4, 0.5) is 8.78 Å². The Bertz CT molecular complexity index is 767. The molecule has 5 heteroatoms. The van der Waals surface area contributed by atoms with Crippen molar-refractivity contribution in [2.24, 2.45) is 0 Å². The van der Waals surface area contributed by atoms with E-state index >= 15 is 0 Å². The summed E-state index contributed by atoms with van der Waals surface area (Å²) in [4.78, 5) is 0. The number of hydrogen-bond donors (Lipinski definition) is 1. The monoisotopic (exact) mass is 373 g/mol. The van der Waals surface area contributed by atoms with E-state index in [1.807, 2.05) is 12.1 Å². The molecule has 2 aliphatic rings. The third-order valence-corrected chi connectivity index (χ3v) is 5.97. The molecule has 1 spiro atoms. The summed E-state index contributed by atoms with van der Waals surface area (Å²) in [6, 6.07) is 12.0. The molecule has 0 aromatic heterocycles. The molecule has 144 valence electrons. The minimum atomic E-state index is -0.765. The second kappa shape index (κ2) is 7.56. The SMILES string of the molecule is COc1ccc(C2CNC(c3c(F)cccc3F)OC23CCCCC3)cc1. The van der Waals surface area contributed by atoms with Gasteiger partial charge in [-0.3, -0.25) is 5.32 Å². The minimum Gasteiger partial charge on any atom is -0.497 e. The quantitative estimate of drug-likeness (QED) is 0.814. The summed E-state index contributed by atoms with van der Waals surface area (Å²) in [6.07, 6.45) is 4.35. The van der Waals surface area contributed by atoms with Crippen LogP contribution in [-0.2, 0) is 4.74 Å². The molecule has 2 fully saturated rings. The van der Waals surface area contributed by atoms with Crippen LogP contribution < -0.4 is 10.1 Å². The number of methoxy groups -OCH3 is 1. The Balaban J connectivity index is 1.67. The largest absolute Gasteiger partial charge is 0.497 e. The topological polar surface area (TPSA) is 30.5 Å². The van der Waals surface area contributed by atoms with Gasteiger partial charge < -0.3 is 9.47 Å². The van der Waals surface area contributed by atoms with Gasteiger partial charge in [-0.25, -0.2) is 8.78 Å². The van der Waals surface area contributed by atoms with Gasteiger partial charge in [-0.05, 0) is 42.7 Å². The molecule has 0 bridgehead atoms. The van der Waals surface area contributed by atoms with Gasteiger partial charge in [0.1, 0.15) is 23.6 Å². The standard InChI is InChI=1S/C22H25F2NO2/c1-26-16-10-8-15(9-11-16)17-14-25-21(20-18(23)6-5-7-19(20)24)27-22(17)12-3-2-4-13-22/h5-11,17,21,25H,2-4,12-14H2,1H3. The van der Waals surface area contributed by atoms with Gasteiger partial charge in [-0.2, -0.15) is 0 Å². The lowest BCUT2D eigenvalue weighted by Crippen LogP contribution is -2.53. The number of halogens is 2. The van der Waals surface area contributed by atoms with Gasteiger partial charge in [0.25, 0.3) is 0 Å². The van der Waals surface area contributed by atoms with Crippen molar-refractivity contribution in [1.82, 2.24) is 5.32 Å². The highest BCUT2D eigenvalue weighted by molar-refractivity contribution is 5.33. The van der Waals surface area contributed by atoms with E-state index in [9.17, 15) is 8.78 Å². The van der Waals surface area contributed by atoms with Gasteiger partial charge >= 0.3 is 0 Å². The van der Waals surface area contributed by atoms with Crippen molar-refractivity contribution >= 4 is 0 Å². The van der Waals surface area contributed by atoms with Gasteiger partial charge in [0, 0.05) is 12.5 Å². The minimum absolute atomic E-state index is 0.0179. The van der Waals surface area contributed by atoms with E-state index in [2.05, 4.69) is 17.4 Å². The van der Waals surface area contributed by atoms with E-state index < -0.39 is 23.5 Å². The molecule has 1 heterocycles. The van der Waals surface area contributed by atoms with Gasteiger partial charge in [0.05, 0.1) is 18.3 Å². The van der Waals surface area contributed by atoms with Crippen LogP contribution in [-0.4, -0.2) is 19.3 Å². The summed E-state index contributed by atoms with van der Waals surface area (Å²) in [5, 5.41) is 3.23. The molecule has 1 aliphatic carbocycles. The Morgan fingerprint density at radius 1 is 1.00 bits per heavy atom. The van der Waals surface area contributed by atoms with E-state index in [1.54, 1.807) is 7.11 Å². The lowest BCUT2D eigenvalue weighted by atomic mass is 9.71. The molecule has 27 heavy (non-hydrogen) atoms. The van der Waals surface area contributed by atoms with E-state index in [4.69, 9.17) is 9.47 Å². The Morgan fingerprint density at radius 3 is 2.30 bits per heavy atom. The van der Waals surface area contributed by atoms with Crippen LogP contribution in [0, 0.1) is 11.6 Å². The number of benzene rings is 2. The van der Waals surface area contributed by atoms with Crippen molar-refractivity contribution in [3.63, 3.8) is 0 Å². The van der Waals surface area contributed by atoms with Crippen molar-refractivity contribution in [2.45, 2.75) is 49.9 Å². The Kier molecular flexibility index (Phi) is 5.15. The van der Waals surface area contributed by atoms with Crippen molar-refractivity contribution in [3.8, 4) is 5.75 Å². The number of nitrogens with one attached hydrogen (secondary N) is 1. The Labute approximate surface area is 158 Å². The predicted molar refractivity (Wildman–Crippen MR) is 99.7 cm³/mol. The summed E-state index contributed by atoms with van der Waals surface area (Å²) < 4.78 is 40.4. The van der Waals surface area contributed by atoms with Crippen LogP contribution in [0.1, 0.15) is 55.4 Å². The van der Waals surface area contributed by atoms with Crippen molar-refractivity contribution in [1.29, 1.82) is 0 Å². The molecule has 2 aromatic rings. The first-order valence-corrected chi connectivity index (χ1v) is 9.62. The summed E-state index contributed by atoms with van der Waals surface area (Å²) in [5.41, 5.74) is 0.741. The average molecular weight is 373 g/mol. The van der Waals surface area contributed by atoms with Gasteiger partial charge in [0.2, 0.25) is 0 Å².